The van der Waals surface area contributed by atoms with Gasteiger partial charge < -0.3 is 5.32 Å². The predicted molar refractivity (Wildman–Crippen MR) is 125 cm³/mol. The van der Waals surface area contributed by atoms with Crippen molar-refractivity contribution in [1.82, 2.24) is 14.5 Å². The number of rotatable bonds is 8. The molecule has 0 bridgehead atoms. The zero-order valence-corrected chi connectivity index (χ0v) is 18.3. The van der Waals surface area contributed by atoms with E-state index in [0.717, 1.165) is 10.1 Å². The molecule has 6 nitrogen and oxygen atoms in total. The summed E-state index contributed by atoms with van der Waals surface area (Å²) in [6, 6.07) is 18.7. The average Bonchev–Trinajstić information content (AvgIpc) is 2.84. The lowest BCUT2D eigenvalue weighted by atomic mass is 10.2. The zero-order chi connectivity index (χ0) is 24.1. The van der Waals surface area contributed by atoms with Crippen molar-refractivity contribution >= 4 is 16.8 Å². The first-order valence-electron chi connectivity index (χ1n) is 10.9. The molecule has 0 aliphatic rings. The third-order valence-electron chi connectivity index (χ3n) is 5.61. The summed E-state index contributed by atoms with van der Waals surface area (Å²) in [5.41, 5.74) is 0.515. The predicted octanol–water partition coefficient (Wildman–Crippen LogP) is 3.59. The van der Waals surface area contributed by atoms with Crippen LogP contribution in [0.5, 0.6) is 0 Å². The van der Waals surface area contributed by atoms with Gasteiger partial charge in [-0.05, 0) is 42.3 Å². The van der Waals surface area contributed by atoms with Gasteiger partial charge in [0.1, 0.15) is 11.6 Å². The molecule has 0 aliphatic carbocycles. The van der Waals surface area contributed by atoms with Crippen LogP contribution in [-0.2, 0) is 24.4 Å². The van der Waals surface area contributed by atoms with Gasteiger partial charge in [0.05, 0.1) is 17.4 Å². The topological polar surface area (TPSA) is 73.1 Å². The molecule has 1 amide bonds. The summed E-state index contributed by atoms with van der Waals surface area (Å²) in [6.45, 7) is 0.276. The smallest absolute Gasteiger partial charge is 0.331 e. The molecular formula is C26H23F2N3O3. The Morgan fingerprint density at radius 2 is 1.56 bits per heavy atom. The van der Waals surface area contributed by atoms with Gasteiger partial charge in [-0.3, -0.25) is 18.7 Å². The van der Waals surface area contributed by atoms with Crippen molar-refractivity contribution < 1.29 is 13.6 Å². The first-order valence-corrected chi connectivity index (χ1v) is 10.9. The summed E-state index contributed by atoms with van der Waals surface area (Å²) >= 11 is 0. The standard InChI is InChI=1S/C26H23F2N3O3/c27-20-13-11-18(12-14-20)16-29-24(32)10-5-15-30-25(33)21-7-2-4-9-23(21)31(26(30)34)17-19-6-1-3-8-22(19)28/h1-4,6-9,11-14H,5,10,15-17H2,(H,29,32). The number of nitrogens with zero attached hydrogens (tertiary/aromatic N) is 2. The maximum Gasteiger partial charge on any atom is 0.331 e. The third kappa shape index (κ3) is 5.11. The molecule has 8 heteroatoms. The average molecular weight is 463 g/mol. The zero-order valence-electron chi connectivity index (χ0n) is 18.3. The van der Waals surface area contributed by atoms with Crippen LogP contribution >= 0.6 is 0 Å². The van der Waals surface area contributed by atoms with E-state index in [4.69, 9.17) is 0 Å². The number of fused-ring (bicyclic) bond motifs is 1. The second-order valence-electron chi connectivity index (χ2n) is 7.94. The van der Waals surface area contributed by atoms with E-state index in [1.807, 2.05) is 0 Å². The summed E-state index contributed by atoms with van der Waals surface area (Å²) in [5, 5.41) is 3.09. The minimum atomic E-state index is -0.557. The highest BCUT2D eigenvalue weighted by atomic mass is 19.1. The van der Waals surface area contributed by atoms with Crippen molar-refractivity contribution in [2.75, 3.05) is 0 Å². The lowest BCUT2D eigenvalue weighted by molar-refractivity contribution is -0.121. The summed E-state index contributed by atoms with van der Waals surface area (Å²) in [7, 11) is 0. The Kier molecular flexibility index (Phi) is 6.96. The Morgan fingerprint density at radius 3 is 2.32 bits per heavy atom. The monoisotopic (exact) mass is 463 g/mol. The molecule has 1 N–H and O–H groups in total. The Bertz CT molecular complexity index is 1440. The molecule has 0 saturated carbocycles. The van der Waals surface area contributed by atoms with Crippen LogP contribution in [0.1, 0.15) is 24.0 Å². The quantitative estimate of drug-likeness (QED) is 0.434. The molecular weight excluding hydrogens is 440 g/mol. The van der Waals surface area contributed by atoms with Gasteiger partial charge in [0.25, 0.3) is 5.56 Å². The van der Waals surface area contributed by atoms with Crippen LogP contribution in [-0.4, -0.2) is 15.0 Å². The van der Waals surface area contributed by atoms with Crippen molar-refractivity contribution in [1.29, 1.82) is 0 Å². The first kappa shape index (κ1) is 23.1. The van der Waals surface area contributed by atoms with Crippen LogP contribution in [0.15, 0.2) is 82.4 Å². The maximum absolute atomic E-state index is 14.2. The van der Waals surface area contributed by atoms with Crippen LogP contribution in [0.4, 0.5) is 8.78 Å². The Labute approximate surface area is 194 Å². The minimum absolute atomic E-state index is 0.0234. The first-order chi connectivity index (χ1) is 16.4. The fourth-order valence-electron chi connectivity index (χ4n) is 3.81. The van der Waals surface area contributed by atoms with E-state index in [9.17, 15) is 23.2 Å². The molecule has 0 saturated heterocycles. The molecule has 4 rings (SSSR count). The molecule has 0 spiro atoms. The summed E-state index contributed by atoms with van der Waals surface area (Å²) in [4.78, 5) is 38.4. The summed E-state index contributed by atoms with van der Waals surface area (Å²) < 4.78 is 29.7. The van der Waals surface area contributed by atoms with E-state index in [-0.39, 0.29) is 44.2 Å². The molecule has 0 atom stereocenters. The maximum atomic E-state index is 14.2. The van der Waals surface area contributed by atoms with Gasteiger partial charge in [0.2, 0.25) is 5.91 Å². The number of para-hydroxylation sites is 1. The van der Waals surface area contributed by atoms with Gasteiger partial charge in [0, 0.05) is 25.1 Å². The summed E-state index contributed by atoms with van der Waals surface area (Å²) in [6.07, 6.45) is 0.371. The van der Waals surface area contributed by atoms with Gasteiger partial charge in [-0.25, -0.2) is 13.6 Å². The normalized spacial score (nSPS) is 11.0. The van der Waals surface area contributed by atoms with Crippen LogP contribution in [0.3, 0.4) is 0 Å². The van der Waals surface area contributed by atoms with E-state index in [2.05, 4.69) is 5.32 Å². The van der Waals surface area contributed by atoms with E-state index in [0.29, 0.717) is 16.5 Å². The van der Waals surface area contributed by atoms with Crippen LogP contribution in [0, 0.1) is 11.6 Å². The highest BCUT2D eigenvalue weighted by Gasteiger charge is 2.15. The van der Waals surface area contributed by atoms with Crippen molar-refractivity contribution in [3.05, 3.63) is 116 Å². The fraction of sp³-hybridized carbons (Fsp3) is 0.192. The number of carbonyl (C=O) groups is 1. The lowest BCUT2D eigenvalue weighted by Gasteiger charge is -2.14. The molecule has 0 unspecified atom stereocenters. The fourth-order valence-corrected chi connectivity index (χ4v) is 3.81. The SMILES string of the molecule is O=C(CCCn1c(=O)c2ccccc2n(Cc2ccccc2F)c1=O)NCc1ccc(F)cc1. The van der Waals surface area contributed by atoms with E-state index in [1.165, 1.54) is 22.8 Å². The van der Waals surface area contributed by atoms with Crippen molar-refractivity contribution in [2.45, 2.75) is 32.5 Å². The number of carbonyl (C=O) groups excluding carboxylic acids is 1. The number of halogens is 2. The highest BCUT2D eigenvalue weighted by molar-refractivity contribution is 5.78. The molecule has 4 aromatic rings. The molecule has 0 radical (unpaired) electrons. The van der Waals surface area contributed by atoms with Gasteiger partial charge in [0.15, 0.2) is 0 Å². The van der Waals surface area contributed by atoms with Crippen molar-refractivity contribution in [3.8, 4) is 0 Å². The highest BCUT2D eigenvalue weighted by Crippen LogP contribution is 2.13. The van der Waals surface area contributed by atoms with Crippen molar-refractivity contribution in [3.63, 3.8) is 0 Å². The molecule has 0 aliphatic heterocycles. The van der Waals surface area contributed by atoms with Crippen LogP contribution in [0.25, 0.3) is 10.9 Å². The third-order valence-corrected chi connectivity index (χ3v) is 5.61. The minimum Gasteiger partial charge on any atom is -0.352 e. The van der Waals surface area contributed by atoms with E-state index >= 15 is 0 Å². The Balaban J connectivity index is 1.51. The molecule has 1 heterocycles. The van der Waals surface area contributed by atoms with Gasteiger partial charge in [-0.15, -0.1) is 0 Å². The molecule has 0 fully saturated rings. The number of nitrogens with one attached hydrogen (secondary N) is 1. The van der Waals surface area contributed by atoms with E-state index < -0.39 is 17.1 Å². The second kappa shape index (κ2) is 10.2. The largest absolute Gasteiger partial charge is 0.352 e. The molecule has 3 aromatic carbocycles. The Hall–Kier alpha value is -4.07. The molecule has 1 aromatic heterocycles. The summed E-state index contributed by atoms with van der Waals surface area (Å²) in [5.74, 6) is -1.03. The number of hydrogen-bond acceptors (Lipinski definition) is 3. The van der Waals surface area contributed by atoms with Crippen LogP contribution < -0.4 is 16.6 Å². The number of hydrogen-bond donors (Lipinski definition) is 1. The number of benzene rings is 3. The van der Waals surface area contributed by atoms with Crippen molar-refractivity contribution in [2.24, 2.45) is 0 Å². The Morgan fingerprint density at radius 1 is 0.853 bits per heavy atom. The van der Waals surface area contributed by atoms with Crippen LogP contribution in [0.2, 0.25) is 0 Å². The van der Waals surface area contributed by atoms with Gasteiger partial charge in [-0.2, -0.15) is 0 Å². The van der Waals surface area contributed by atoms with Gasteiger partial charge in [-0.1, -0.05) is 42.5 Å². The molecule has 34 heavy (non-hydrogen) atoms. The number of aromatic nitrogens is 2. The number of amides is 1. The lowest BCUT2D eigenvalue weighted by Crippen LogP contribution is -2.40. The molecule has 174 valence electrons. The van der Waals surface area contributed by atoms with Gasteiger partial charge >= 0.3 is 5.69 Å². The van der Waals surface area contributed by atoms with E-state index in [1.54, 1.807) is 54.6 Å². The second-order valence-corrected chi connectivity index (χ2v) is 7.94.